The van der Waals surface area contributed by atoms with Gasteiger partial charge in [-0.2, -0.15) is 0 Å². The Morgan fingerprint density at radius 2 is 1.94 bits per heavy atom. The van der Waals surface area contributed by atoms with Gasteiger partial charge >= 0.3 is 0 Å². The predicted octanol–water partition coefficient (Wildman–Crippen LogP) is 6.53. The van der Waals surface area contributed by atoms with Gasteiger partial charge in [-0.15, -0.1) is 6.58 Å². The fraction of sp³-hybridized carbons (Fsp3) is 0.586. The first-order chi connectivity index (χ1) is 16.2. The maximum atomic E-state index is 6.63. The van der Waals surface area contributed by atoms with Crippen LogP contribution in [0.5, 0.6) is 5.75 Å². The molecule has 0 N–H and O–H groups in total. The zero-order valence-electron chi connectivity index (χ0n) is 21.8. The number of hydrogen-bond acceptors (Lipinski definition) is 5. The SMILES string of the molecule is C=CC[C@@H]1OC(C)(C)O[C@]1(C)[C@H]1CC=C(C)[C@H](CC/C(C)=C/COCc2ccc(OC)cc2)O1. The molecule has 3 rings (SSSR count). The highest BCUT2D eigenvalue weighted by atomic mass is 16.8. The second kappa shape index (κ2) is 11.7. The Hall–Kier alpha value is -1.92. The van der Waals surface area contributed by atoms with Crippen molar-refractivity contribution in [3.8, 4) is 5.75 Å². The number of rotatable bonds is 11. The molecule has 34 heavy (non-hydrogen) atoms. The fourth-order valence-electron chi connectivity index (χ4n) is 4.80. The maximum absolute atomic E-state index is 6.63. The van der Waals surface area contributed by atoms with Crippen molar-refractivity contribution in [1.29, 1.82) is 0 Å². The van der Waals surface area contributed by atoms with Gasteiger partial charge in [0, 0.05) is 0 Å². The molecule has 0 aromatic heterocycles. The van der Waals surface area contributed by atoms with Crippen molar-refractivity contribution in [1.82, 2.24) is 0 Å². The molecule has 1 aromatic carbocycles. The molecule has 2 aliphatic heterocycles. The Bertz CT molecular complexity index is 869. The molecule has 0 unspecified atom stereocenters. The molecular formula is C29H42O5. The summed E-state index contributed by atoms with van der Waals surface area (Å²) in [7, 11) is 1.67. The molecule has 0 amide bonds. The van der Waals surface area contributed by atoms with Gasteiger partial charge in [0.25, 0.3) is 0 Å². The quantitative estimate of drug-likeness (QED) is 0.272. The average molecular weight is 471 g/mol. The second-order valence-corrected chi connectivity index (χ2v) is 10.1. The van der Waals surface area contributed by atoms with Gasteiger partial charge in [0.05, 0.1) is 38.6 Å². The minimum Gasteiger partial charge on any atom is -0.497 e. The Kier molecular flexibility index (Phi) is 9.16. The molecule has 4 atom stereocenters. The summed E-state index contributed by atoms with van der Waals surface area (Å²) < 4.78 is 30.3. The van der Waals surface area contributed by atoms with Crippen LogP contribution in [-0.4, -0.2) is 43.4 Å². The van der Waals surface area contributed by atoms with Crippen LogP contribution in [0.4, 0.5) is 0 Å². The van der Waals surface area contributed by atoms with E-state index in [0.717, 1.165) is 37.0 Å². The summed E-state index contributed by atoms with van der Waals surface area (Å²) >= 11 is 0. The Morgan fingerprint density at radius 1 is 1.21 bits per heavy atom. The van der Waals surface area contributed by atoms with Crippen molar-refractivity contribution in [2.45, 2.75) is 96.6 Å². The summed E-state index contributed by atoms with van der Waals surface area (Å²) in [5.74, 6) is 0.236. The standard InChI is InChI=1S/C29H42O5/c1-8-9-27-29(6,34-28(4,5)33-27)26-17-11-22(3)25(32-26)16-10-21(2)18-19-31-20-23-12-14-24(30-7)15-13-23/h8,11-15,18,25-27H,1,9-10,16-17,19-20H2,2-7H3/b21-18+/t25-,26+,27-,29+/m0/s1. The van der Waals surface area contributed by atoms with Crippen LogP contribution >= 0.6 is 0 Å². The van der Waals surface area contributed by atoms with E-state index in [-0.39, 0.29) is 18.3 Å². The molecule has 0 spiro atoms. The highest BCUT2D eigenvalue weighted by Crippen LogP contribution is 2.44. The third kappa shape index (κ3) is 6.82. The van der Waals surface area contributed by atoms with Gasteiger partial charge in [-0.3, -0.25) is 0 Å². The highest BCUT2D eigenvalue weighted by Gasteiger charge is 2.55. The first kappa shape index (κ1) is 26.7. The maximum Gasteiger partial charge on any atom is 0.164 e. The smallest absolute Gasteiger partial charge is 0.164 e. The Balaban J connectivity index is 1.50. The molecule has 188 valence electrons. The van der Waals surface area contributed by atoms with Gasteiger partial charge in [0.1, 0.15) is 11.4 Å². The van der Waals surface area contributed by atoms with Crippen LogP contribution in [0, 0.1) is 0 Å². The molecule has 0 bridgehead atoms. The molecule has 2 aliphatic rings. The van der Waals surface area contributed by atoms with Gasteiger partial charge in [0.15, 0.2) is 5.79 Å². The lowest BCUT2D eigenvalue weighted by atomic mass is 9.85. The van der Waals surface area contributed by atoms with Crippen molar-refractivity contribution >= 4 is 0 Å². The minimum absolute atomic E-state index is 0.0509. The third-order valence-electron chi connectivity index (χ3n) is 6.82. The van der Waals surface area contributed by atoms with Gasteiger partial charge in [-0.25, -0.2) is 0 Å². The molecule has 5 nitrogen and oxygen atoms in total. The van der Waals surface area contributed by atoms with Crippen molar-refractivity contribution in [2.75, 3.05) is 13.7 Å². The van der Waals surface area contributed by atoms with E-state index >= 15 is 0 Å². The monoisotopic (exact) mass is 470 g/mol. The van der Waals surface area contributed by atoms with E-state index in [2.05, 4.69) is 39.5 Å². The topological polar surface area (TPSA) is 46.2 Å². The van der Waals surface area contributed by atoms with E-state index in [1.54, 1.807) is 7.11 Å². The van der Waals surface area contributed by atoms with Crippen LogP contribution < -0.4 is 4.74 Å². The number of benzene rings is 1. The predicted molar refractivity (Wildman–Crippen MR) is 136 cm³/mol. The molecular weight excluding hydrogens is 428 g/mol. The van der Waals surface area contributed by atoms with Gasteiger partial charge in [-0.1, -0.05) is 35.9 Å². The summed E-state index contributed by atoms with van der Waals surface area (Å²) in [5, 5.41) is 0. The van der Waals surface area contributed by atoms with E-state index in [4.69, 9.17) is 23.7 Å². The molecule has 0 saturated carbocycles. The van der Waals surface area contributed by atoms with E-state index in [9.17, 15) is 0 Å². The van der Waals surface area contributed by atoms with E-state index in [1.807, 2.05) is 44.2 Å². The van der Waals surface area contributed by atoms with Gasteiger partial charge < -0.3 is 23.7 Å². The van der Waals surface area contributed by atoms with Gasteiger partial charge in [-0.05, 0) is 83.6 Å². The largest absolute Gasteiger partial charge is 0.497 e. The van der Waals surface area contributed by atoms with Gasteiger partial charge in [0.2, 0.25) is 0 Å². The average Bonchev–Trinajstić information content (AvgIpc) is 3.05. The summed E-state index contributed by atoms with van der Waals surface area (Å²) in [4.78, 5) is 0. The zero-order valence-corrected chi connectivity index (χ0v) is 21.8. The summed E-state index contributed by atoms with van der Waals surface area (Å²) in [6.45, 7) is 15.5. The zero-order chi connectivity index (χ0) is 24.8. The summed E-state index contributed by atoms with van der Waals surface area (Å²) in [6.07, 6.45) is 9.81. The first-order valence-electron chi connectivity index (χ1n) is 12.3. The highest BCUT2D eigenvalue weighted by molar-refractivity contribution is 5.26. The van der Waals surface area contributed by atoms with Crippen molar-refractivity contribution in [3.05, 3.63) is 65.8 Å². The van der Waals surface area contributed by atoms with Crippen LogP contribution in [0.25, 0.3) is 0 Å². The van der Waals surface area contributed by atoms with Crippen LogP contribution in [0.2, 0.25) is 0 Å². The molecule has 2 heterocycles. The van der Waals surface area contributed by atoms with Crippen LogP contribution in [0.3, 0.4) is 0 Å². The van der Waals surface area contributed by atoms with Crippen molar-refractivity contribution in [3.63, 3.8) is 0 Å². The molecule has 1 fully saturated rings. The summed E-state index contributed by atoms with van der Waals surface area (Å²) in [6, 6.07) is 7.97. The van der Waals surface area contributed by atoms with E-state index in [0.29, 0.717) is 13.2 Å². The van der Waals surface area contributed by atoms with E-state index in [1.165, 1.54) is 11.1 Å². The number of hydrogen-bond donors (Lipinski definition) is 0. The second-order valence-electron chi connectivity index (χ2n) is 10.1. The molecule has 5 heteroatoms. The lowest BCUT2D eigenvalue weighted by Gasteiger charge is -2.41. The van der Waals surface area contributed by atoms with Crippen LogP contribution in [0.1, 0.15) is 65.9 Å². The molecule has 1 aromatic rings. The molecule has 1 saturated heterocycles. The minimum atomic E-state index is -0.622. The number of ether oxygens (including phenoxy) is 5. The summed E-state index contributed by atoms with van der Waals surface area (Å²) in [5.41, 5.74) is 3.24. The first-order valence-corrected chi connectivity index (χ1v) is 12.3. The third-order valence-corrected chi connectivity index (χ3v) is 6.82. The lowest BCUT2D eigenvalue weighted by Crippen LogP contribution is -2.51. The van der Waals surface area contributed by atoms with Crippen molar-refractivity contribution in [2.24, 2.45) is 0 Å². The van der Waals surface area contributed by atoms with E-state index < -0.39 is 11.4 Å². The Labute approximate surface area is 205 Å². The fourth-order valence-corrected chi connectivity index (χ4v) is 4.80. The molecule has 0 aliphatic carbocycles. The normalized spacial score (nSPS) is 29.1. The lowest BCUT2D eigenvalue weighted by molar-refractivity contribution is -0.194. The van der Waals surface area contributed by atoms with Crippen LogP contribution in [0.15, 0.2) is 60.2 Å². The molecule has 0 radical (unpaired) electrons. The van der Waals surface area contributed by atoms with Crippen LogP contribution in [-0.2, 0) is 25.6 Å². The van der Waals surface area contributed by atoms with Crippen molar-refractivity contribution < 1.29 is 23.7 Å². The Morgan fingerprint density at radius 3 is 2.62 bits per heavy atom. The number of methoxy groups -OCH3 is 1. The number of allylic oxidation sites excluding steroid dienone is 1.